The van der Waals surface area contributed by atoms with E-state index in [-0.39, 0.29) is 0 Å². The molecule has 1 saturated carbocycles. The molecule has 2 atom stereocenters. The summed E-state index contributed by atoms with van der Waals surface area (Å²) in [6.45, 7) is 3.15. The lowest BCUT2D eigenvalue weighted by Gasteiger charge is -1.80. The summed E-state index contributed by atoms with van der Waals surface area (Å²) in [4.78, 5) is 0. The summed E-state index contributed by atoms with van der Waals surface area (Å²) >= 11 is 0. The zero-order valence-electron chi connectivity index (χ0n) is 4.15. The largest absolute Gasteiger partial charge is 0.330 e. The van der Waals surface area contributed by atoms with Crippen molar-refractivity contribution < 1.29 is 0 Å². The molecule has 1 aliphatic rings. The minimum atomic E-state index is 0.880. The van der Waals surface area contributed by atoms with Crippen molar-refractivity contribution in [2.75, 3.05) is 6.54 Å². The van der Waals surface area contributed by atoms with Crippen LogP contribution in [0.4, 0.5) is 0 Å². The Morgan fingerprint density at radius 3 is 2.33 bits per heavy atom. The molecule has 1 nitrogen and oxygen atoms in total. The van der Waals surface area contributed by atoms with E-state index >= 15 is 0 Å². The maximum absolute atomic E-state index is 5.32. The van der Waals surface area contributed by atoms with Crippen LogP contribution in [0.2, 0.25) is 0 Å². The van der Waals surface area contributed by atoms with E-state index in [1.54, 1.807) is 0 Å². The van der Waals surface area contributed by atoms with Crippen LogP contribution in [0.15, 0.2) is 0 Å². The fourth-order valence-electron chi connectivity index (χ4n) is 0.728. The lowest BCUT2D eigenvalue weighted by atomic mass is 10.3. The van der Waals surface area contributed by atoms with Gasteiger partial charge in [-0.3, -0.25) is 0 Å². The predicted molar refractivity (Wildman–Crippen MR) is 26.3 cm³/mol. The third kappa shape index (κ3) is 0.548. The number of nitrogens with two attached hydrogens (primary N) is 1. The van der Waals surface area contributed by atoms with Crippen molar-refractivity contribution in [2.45, 2.75) is 13.3 Å². The van der Waals surface area contributed by atoms with Crippen molar-refractivity contribution in [2.24, 2.45) is 17.6 Å². The monoisotopic (exact) mass is 85.1 g/mol. The van der Waals surface area contributed by atoms with Crippen LogP contribution in [0.5, 0.6) is 0 Å². The molecule has 0 radical (unpaired) electrons. The first-order valence-corrected chi connectivity index (χ1v) is 2.54. The molecule has 0 saturated heterocycles. The lowest BCUT2D eigenvalue weighted by molar-refractivity contribution is 0.761. The summed E-state index contributed by atoms with van der Waals surface area (Å²) in [6.07, 6.45) is 1.37. The maximum atomic E-state index is 5.32. The minimum Gasteiger partial charge on any atom is -0.330 e. The molecule has 0 aromatic rings. The summed E-state index contributed by atoms with van der Waals surface area (Å²) in [5, 5.41) is 0. The summed E-state index contributed by atoms with van der Waals surface area (Å²) in [5.41, 5.74) is 5.32. The van der Waals surface area contributed by atoms with Gasteiger partial charge in [-0.05, 0) is 24.8 Å². The number of hydrogen-bond donors (Lipinski definition) is 1. The maximum Gasteiger partial charge on any atom is -0.00462 e. The summed E-state index contributed by atoms with van der Waals surface area (Å²) < 4.78 is 0. The Labute approximate surface area is 38.5 Å². The van der Waals surface area contributed by atoms with Crippen LogP contribution >= 0.6 is 0 Å². The first-order valence-electron chi connectivity index (χ1n) is 2.54. The Bertz CT molecular complexity index is 49.9. The Morgan fingerprint density at radius 1 is 1.83 bits per heavy atom. The van der Waals surface area contributed by atoms with E-state index in [4.69, 9.17) is 5.73 Å². The van der Waals surface area contributed by atoms with Crippen molar-refractivity contribution in [3.05, 3.63) is 0 Å². The van der Waals surface area contributed by atoms with Gasteiger partial charge in [-0.1, -0.05) is 6.92 Å². The summed E-state index contributed by atoms with van der Waals surface area (Å²) in [5.74, 6) is 1.82. The Morgan fingerprint density at radius 2 is 2.33 bits per heavy atom. The molecule has 6 heavy (non-hydrogen) atoms. The summed E-state index contributed by atoms with van der Waals surface area (Å²) in [6, 6.07) is 0. The topological polar surface area (TPSA) is 26.0 Å². The van der Waals surface area contributed by atoms with Gasteiger partial charge in [0.2, 0.25) is 0 Å². The Balaban J connectivity index is 2.09. The van der Waals surface area contributed by atoms with Crippen molar-refractivity contribution in [3.63, 3.8) is 0 Å². The third-order valence-corrected chi connectivity index (χ3v) is 1.58. The van der Waals surface area contributed by atoms with Gasteiger partial charge in [0.15, 0.2) is 0 Å². The highest BCUT2D eigenvalue weighted by Crippen LogP contribution is 2.35. The standard InChI is InChI=1S/C5H11N/c1-4-2-5(4)3-6/h4-5H,2-3,6H2,1H3/t4-,5?/m0/s1. The van der Waals surface area contributed by atoms with Crippen molar-refractivity contribution in [1.82, 2.24) is 0 Å². The predicted octanol–water partition coefficient (Wildman–Crippen LogP) is 0.601. The third-order valence-electron chi connectivity index (χ3n) is 1.58. The van der Waals surface area contributed by atoms with Crippen LogP contribution in [0.3, 0.4) is 0 Å². The van der Waals surface area contributed by atoms with Gasteiger partial charge >= 0.3 is 0 Å². The van der Waals surface area contributed by atoms with E-state index in [2.05, 4.69) is 6.92 Å². The van der Waals surface area contributed by atoms with Crippen LogP contribution in [-0.4, -0.2) is 6.54 Å². The minimum absolute atomic E-state index is 0.880. The molecular formula is C5H11N. The van der Waals surface area contributed by atoms with Gasteiger partial charge in [-0.25, -0.2) is 0 Å². The van der Waals surface area contributed by atoms with Gasteiger partial charge < -0.3 is 5.73 Å². The van der Waals surface area contributed by atoms with Crippen molar-refractivity contribution in [3.8, 4) is 0 Å². The van der Waals surface area contributed by atoms with Crippen LogP contribution in [0.1, 0.15) is 13.3 Å². The fraction of sp³-hybridized carbons (Fsp3) is 1.00. The highest BCUT2D eigenvalue weighted by atomic mass is 14.6. The van der Waals surface area contributed by atoms with E-state index in [9.17, 15) is 0 Å². The van der Waals surface area contributed by atoms with Crippen molar-refractivity contribution >= 4 is 0 Å². The van der Waals surface area contributed by atoms with E-state index in [0.717, 1.165) is 18.4 Å². The molecule has 1 rings (SSSR count). The molecule has 0 amide bonds. The molecule has 1 unspecified atom stereocenters. The van der Waals surface area contributed by atoms with E-state index in [1.807, 2.05) is 0 Å². The van der Waals surface area contributed by atoms with Gasteiger partial charge in [0, 0.05) is 0 Å². The van der Waals surface area contributed by atoms with Crippen LogP contribution in [0.25, 0.3) is 0 Å². The Hall–Kier alpha value is -0.0400. The molecule has 1 fully saturated rings. The Kier molecular flexibility index (Phi) is 0.845. The molecule has 0 spiro atoms. The first-order chi connectivity index (χ1) is 2.84. The number of rotatable bonds is 1. The second kappa shape index (κ2) is 1.23. The molecule has 0 aromatic heterocycles. The fourth-order valence-corrected chi connectivity index (χ4v) is 0.728. The molecule has 2 N–H and O–H groups in total. The zero-order chi connectivity index (χ0) is 4.57. The zero-order valence-corrected chi connectivity index (χ0v) is 4.15. The lowest BCUT2D eigenvalue weighted by Crippen LogP contribution is -2.00. The normalized spacial score (nSPS) is 43.0. The average molecular weight is 85.2 g/mol. The van der Waals surface area contributed by atoms with Crippen LogP contribution in [-0.2, 0) is 0 Å². The van der Waals surface area contributed by atoms with Gasteiger partial charge in [0.25, 0.3) is 0 Å². The van der Waals surface area contributed by atoms with Gasteiger partial charge in [-0.2, -0.15) is 0 Å². The van der Waals surface area contributed by atoms with Crippen molar-refractivity contribution in [1.29, 1.82) is 0 Å². The molecule has 36 valence electrons. The van der Waals surface area contributed by atoms with E-state index in [0.29, 0.717) is 0 Å². The second-order valence-corrected chi connectivity index (χ2v) is 2.21. The first kappa shape index (κ1) is 4.13. The van der Waals surface area contributed by atoms with Gasteiger partial charge in [-0.15, -0.1) is 0 Å². The molecule has 0 aromatic carbocycles. The smallest absolute Gasteiger partial charge is 0.00462 e. The SMILES string of the molecule is C[C@H]1CC1CN. The quantitative estimate of drug-likeness (QED) is 0.495. The van der Waals surface area contributed by atoms with Gasteiger partial charge in [0.1, 0.15) is 0 Å². The second-order valence-electron chi connectivity index (χ2n) is 2.21. The highest BCUT2D eigenvalue weighted by molar-refractivity contribution is 4.82. The average Bonchev–Trinajstić information content (AvgIpc) is 2.19. The van der Waals surface area contributed by atoms with Crippen LogP contribution < -0.4 is 5.73 Å². The molecule has 0 aliphatic heterocycles. The molecule has 0 bridgehead atoms. The molecule has 1 aliphatic carbocycles. The van der Waals surface area contributed by atoms with Gasteiger partial charge in [0.05, 0.1) is 0 Å². The van der Waals surface area contributed by atoms with E-state index < -0.39 is 0 Å². The van der Waals surface area contributed by atoms with E-state index in [1.165, 1.54) is 6.42 Å². The molecular weight excluding hydrogens is 74.1 g/mol. The molecule has 1 heteroatoms. The highest BCUT2D eigenvalue weighted by Gasteiger charge is 2.30. The van der Waals surface area contributed by atoms with Crippen LogP contribution in [0, 0.1) is 11.8 Å². The number of hydrogen-bond acceptors (Lipinski definition) is 1. The summed E-state index contributed by atoms with van der Waals surface area (Å²) in [7, 11) is 0. The molecule has 0 heterocycles.